The van der Waals surface area contributed by atoms with E-state index >= 15 is 0 Å². The molecular formula is C12H12N4OS2. The molecule has 0 unspecified atom stereocenters. The summed E-state index contributed by atoms with van der Waals surface area (Å²) < 4.78 is 3.90. The molecule has 0 fully saturated rings. The summed E-state index contributed by atoms with van der Waals surface area (Å²) in [4.78, 5) is 14.6. The van der Waals surface area contributed by atoms with Gasteiger partial charge in [0, 0.05) is 11.4 Å². The molecule has 0 saturated carbocycles. The van der Waals surface area contributed by atoms with Crippen molar-refractivity contribution in [1.82, 2.24) is 19.2 Å². The number of thiophene rings is 1. The Morgan fingerprint density at radius 2 is 2.26 bits per heavy atom. The second-order valence-corrected chi connectivity index (χ2v) is 5.92. The number of rotatable bonds is 2. The fourth-order valence-corrected chi connectivity index (χ4v) is 3.62. The highest BCUT2D eigenvalue weighted by Crippen LogP contribution is 2.28. The maximum absolute atomic E-state index is 12.6. The first-order valence-electron chi connectivity index (χ1n) is 5.76. The topological polar surface area (TPSA) is 55.1 Å². The smallest absolute Gasteiger partial charge is 0.264 e. The first-order chi connectivity index (χ1) is 9.06. The molecule has 0 aromatic carbocycles. The summed E-state index contributed by atoms with van der Waals surface area (Å²) in [6.07, 6.45) is 1.68. The number of hydrogen-bond acceptors (Lipinski definition) is 4. The fourth-order valence-electron chi connectivity index (χ4n) is 2.19. The average molecular weight is 292 g/mol. The van der Waals surface area contributed by atoms with Crippen LogP contribution >= 0.6 is 23.6 Å². The van der Waals surface area contributed by atoms with E-state index < -0.39 is 0 Å². The maximum Gasteiger partial charge on any atom is 0.264 e. The second-order valence-electron chi connectivity index (χ2n) is 4.33. The predicted molar refractivity (Wildman–Crippen MR) is 79.7 cm³/mol. The van der Waals surface area contributed by atoms with Gasteiger partial charge in [0.25, 0.3) is 5.56 Å². The number of nitrogens with one attached hydrogen (secondary N) is 1. The maximum atomic E-state index is 12.6. The first-order valence-corrected chi connectivity index (χ1v) is 6.99. The van der Waals surface area contributed by atoms with E-state index in [1.165, 1.54) is 0 Å². The third-order valence-electron chi connectivity index (χ3n) is 3.24. The molecule has 0 aliphatic heterocycles. The number of hydrogen-bond donors (Lipinski definition) is 1. The van der Waals surface area contributed by atoms with Crippen LogP contribution in [0.15, 0.2) is 17.4 Å². The van der Waals surface area contributed by atoms with E-state index in [9.17, 15) is 4.79 Å². The summed E-state index contributed by atoms with van der Waals surface area (Å²) >= 11 is 6.83. The fraction of sp³-hybridized carbons (Fsp3) is 0.250. The minimum absolute atomic E-state index is 0.0433. The number of H-pyrrole nitrogens is 1. The predicted octanol–water partition coefficient (Wildman–Crippen LogP) is 2.57. The van der Waals surface area contributed by atoms with Gasteiger partial charge in [0.1, 0.15) is 4.83 Å². The third-order valence-corrected chi connectivity index (χ3v) is 4.70. The van der Waals surface area contributed by atoms with Gasteiger partial charge in [-0.25, -0.2) is 9.50 Å². The molecule has 0 amide bonds. The van der Waals surface area contributed by atoms with Crippen molar-refractivity contribution in [1.29, 1.82) is 0 Å². The first kappa shape index (κ1) is 12.3. The van der Waals surface area contributed by atoms with Crippen molar-refractivity contribution >= 4 is 39.5 Å². The molecular weight excluding hydrogens is 280 g/mol. The highest BCUT2D eigenvalue weighted by molar-refractivity contribution is 7.71. The Balaban J connectivity index is 2.71. The summed E-state index contributed by atoms with van der Waals surface area (Å²) in [6.45, 7) is 8.07. The monoisotopic (exact) mass is 292 g/mol. The van der Waals surface area contributed by atoms with Gasteiger partial charge in [-0.1, -0.05) is 6.08 Å². The average Bonchev–Trinajstić information content (AvgIpc) is 2.88. The van der Waals surface area contributed by atoms with E-state index in [-0.39, 0.29) is 5.56 Å². The van der Waals surface area contributed by atoms with Crippen LogP contribution in [0.3, 0.4) is 0 Å². The Morgan fingerprint density at radius 3 is 2.95 bits per heavy atom. The molecule has 0 atom stereocenters. The third kappa shape index (κ3) is 1.55. The van der Waals surface area contributed by atoms with Crippen LogP contribution in [0.5, 0.6) is 0 Å². The molecule has 19 heavy (non-hydrogen) atoms. The molecule has 0 aliphatic rings. The van der Waals surface area contributed by atoms with Gasteiger partial charge in [0.05, 0.1) is 5.39 Å². The molecule has 1 N–H and O–H groups in total. The molecule has 0 radical (unpaired) electrons. The Bertz CT molecular complexity index is 925. The van der Waals surface area contributed by atoms with E-state index in [0.29, 0.717) is 22.5 Å². The van der Waals surface area contributed by atoms with Gasteiger partial charge in [0.2, 0.25) is 10.5 Å². The molecule has 7 heteroatoms. The lowest BCUT2D eigenvalue weighted by Crippen LogP contribution is -2.22. The largest absolute Gasteiger partial charge is 0.272 e. The Hall–Kier alpha value is -1.73. The van der Waals surface area contributed by atoms with Crippen LogP contribution in [0.1, 0.15) is 10.4 Å². The number of aryl methyl sites for hydroxylation is 2. The zero-order valence-electron chi connectivity index (χ0n) is 10.6. The van der Waals surface area contributed by atoms with Gasteiger partial charge in [-0.2, -0.15) is 0 Å². The van der Waals surface area contributed by atoms with E-state index in [2.05, 4.69) is 16.8 Å². The Morgan fingerprint density at radius 1 is 1.53 bits per heavy atom. The lowest BCUT2D eigenvalue weighted by atomic mass is 10.2. The SMILES string of the molecule is C=CCn1c(=O)c2c(C)c(C)sc2n2c(=S)[nH]nc12. The summed E-state index contributed by atoms with van der Waals surface area (Å²) in [6, 6.07) is 0. The van der Waals surface area contributed by atoms with E-state index in [4.69, 9.17) is 12.2 Å². The normalized spacial score (nSPS) is 11.5. The molecule has 0 spiro atoms. The number of nitrogens with zero attached hydrogens (tertiary/aromatic N) is 3. The molecule has 98 valence electrons. The van der Waals surface area contributed by atoms with Crippen LogP contribution in [0, 0.1) is 18.6 Å². The molecule has 0 aliphatic carbocycles. The van der Waals surface area contributed by atoms with Crippen molar-refractivity contribution in [2.45, 2.75) is 20.4 Å². The van der Waals surface area contributed by atoms with Gasteiger partial charge in [0.15, 0.2) is 0 Å². The van der Waals surface area contributed by atoms with Gasteiger partial charge in [-0.15, -0.1) is 23.0 Å². The Kier molecular flexibility index (Phi) is 2.68. The van der Waals surface area contributed by atoms with Crippen molar-refractivity contribution in [3.05, 3.63) is 38.2 Å². The summed E-state index contributed by atoms with van der Waals surface area (Å²) in [5.74, 6) is 0.531. The van der Waals surface area contributed by atoms with Crippen LogP contribution in [0.2, 0.25) is 0 Å². The molecule has 0 bridgehead atoms. The van der Waals surface area contributed by atoms with Crippen molar-refractivity contribution in [3.63, 3.8) is 0 Å². The van der Waals surface area contributed by atoms with Crippen molar-refractivity contribution in [3.8, 4) is 0 Å². The highest BCUT2D eigenvalue weighted by Gasteiger charge is 2.17. The minimum Gasteiger partial charge on any atom is -0.272 e. The lowest BCUT2D eigenvalue weighted by Gasteiger charge is -2.05. The van der Waals surface area contributed by atoms with Crippen molar-refractivity contribution in [2.75, 3.05) is 0 Å². The highest BCUT2D eigenvalue weighted by atomic mass is 32.1. The molecule has 3 aromatic rings. The number of aromatic amines is 1. The zero-order chi connectivity index (χ0) is 13.7. The number of allylic oxidation sites excluding steroid dienone is 1. The second kappa shape index (κ2) is 4.14. The van der Waals surface area contributed by atoms with Crippen molar-refractivity contribution < 1.29 is 0 Å². The standard InChI is InChI=1S/C12H12N4OS2/c1-4-5-15-9(17)8-6(2)7(3)19-10(8)16-11(15)13-14-12(16)18/h4H,1,5H2,2-3H3,(H,14,18). The Labute approximate surface area is 117 Å². The summed E-state index contributed by atoms with van der Waals surface area (Å²) in [5, 5.41) is 7.62. The summed E-state index contributed by atoms with van der Waals surface area (Å²) in [5.41, 5.74) is 0.964. The molecule has 0 saturated heterocycles. The zero-order valence-corrected chi connectivity index (χ0v) is 12.2. The van der Waals surface area contributed by atoms with Crippen LogP contribution in [-0.2, 0) is 6.54 Å². The molecule has 3 rings (SSSR count). The van der Waals surface area contributed by atoms with Crippen LogP contribution < -0.4 is 5.56 Å². The number of fused-ring (bicyclic) bond motifs is 3. The van der Waals surface area contributed by atoms with E-state index in [1.807, 2.05) is 18.2 Å². The quantitative estimate of drug-likeness (QED) is 0.583. The van der Waals surface area contributed by atoms with Crippen LogP contribution in [0.4, 0.5) is 0 Å². The van der Waals surface area contributed by atoms with Crippen LogP contribution in [0.25, 0.3) is 16.0 Å². The molecule has 5 nitrogen and oxygen atoms in total. The van der Waals surface area contributed by atoms with Crippen molar-refractivity contribution in [2.24, 2.45) is 0 Å². The van der Waals surface area contributed by atoms with Gasteiger partial charge in [-0.3, -0.25) is 9.36 Å². The summed E-state index contributed by atoms with van der Waals surface area (Å²) in [7, 11) is 0. The molecule has 3 aromatic heterocycles. The van der Waals surface area contributed by atoms with E-state index in [0.717, 1.165) is 15.3 Å². The number of aromatic nitrogens is 4. The van der Waals surface area contributed by atoms with Gasteiger partial charge >= 0.3 is 0 Å². The van der Waals surface area contributed by atoms with Gasteiger partial charge < -0.3 is 0 Å². The van der Waals surface area contributed by atoms with Crippen LogP contribution in [-0.4, -0.2) is 19.2 Å². The molecule has 3 heterocycles. The van der Waals surface area contributed by atoms with E-state index in [1.54, 1.807) is 22.0 Å². The lowest BCUT2D eigenvalue weighted by molar-refractivity contribution is 0.787. The van der Waals surface area contributed by atoms with Gasteiger partial charge in [-0.05, 0) is 31.6 Å². The minimum atomic E-state index is -0.0433.